The molecule has 0 saturated heterocycles. The first-order valence-corrected chi connectivity index (χ1v) is 7.67. The third kappa shape index (κ3) is 2.08. The fourth-order valence-electron chi connectivity index (χ4n) is 3.33. The van der Waals surface area contributed by atoms with Crippen LogP contribution in [-0.4, -0.2) is 16.7 Å². The minimum absolute atomic E-state index is 0.877. The lowest BCUT2D eigenvalue weighted by Crippen LogP contribution is -1.90. The standard InChI is InChI=1S/C20H18N2O/c1-13-20-17(10-11-21-13)18-12-15(6-9-19(18)22(20)2)14-4-7-16(23-3)8-5-14/h4-12H,1-3H3. The van der Waals surface area contributed by atoms with Crippen LogP contribution >= 0.6 is 0 Å². The molecule has 2 heterocycles. The third-order valence-corrected chi connectivity index (χ3v) is 4.51. The van der Waals surface area contributed by atoms with E-state index in [9.17, 15) is 0 Å². The van der Waals surface area contributed by atoms with Gasteiger partial charge in [-0.3, -0.25) is 4.98 Å². The topological polar surface area (TPSA) is 27.1 Å². The van der Waals surface area contributed by atoms with Gasteiger partial charge in [0.1, 0.15) is 5.75 Å². The zero-order chi connectivity index (χ0) is 16.0. The molecule has 114 valence electrons. The average Bonchev–Trinajstić information content (AvgIpc) is 2.88. The Bertz CT molecular complexity index is 1010. The Labute approximate surface area is 135 Å². The quantitative estimate of drug-likeness (QED) is 0.536. The first-order chi connectivity index (χ1) is 11.2. The Hall–Kier alpha value is -2.81. The second-order valence-electron chi connectivity index (χ2n) is 5.81. The minimum Gasteiger partial charge on any atom is -0.497 e. The summed E-state index contributed by atoms with van der Waals surface area (Å²) in [6, 6.07) is 16.9. The molecule has 0 saturated carbocycles. The van der Waals surface area contributed by atoms with Crippen molar-refractivity contribution in [3.05, 3.63) is 60.4 Å². The van der Waals surface area contributed by atoms with Gasteiger partial charge < -0.3 is 9.30 Å². The van der Waals surface area contributed by atoms with Gasteiger partial charge in [0.25, 0.3) is 0 Å². The number of benzene rings is 2. The predicted molar refractivity (Wildman–Crippen MR) is 94.9 cm³/mol. The van der Waals surface area contributed by atoms with E-state index in [4.69, 9.17) is 4.74 Å². The van der Waals surface area contributed by atoms with Gasteiger partial charge in [0.2, 0.25) is 0 Å². The van der Waals surface area contributed by atoms with Crippen molar-refractivity contribution in [2.45, 2.75) is 6.92 Å². The maximum atomic E-state index is 5.24. The number of pyridine rings is 1. The molecule has 4 aromatic rings. The van der Waals surface area contributed by atoms with E-state index in [1.807, 2.05) is 18.3 Å². The predicted octanol–water partition coefficient (Wildman–Crippen LogP) is 4.71. The average molecular weight is 302 g/mol. The van der Waals surface area contributed by atoms with Crippen LogP contribution in [0.15, 0.2) is 54.7 Å². The molecule has 0 aliphatic rings. The summed E-state index contributed by atoms with van der Waals surface area (Å²) in [6.07, 6.45) is 1.89. The zero-order valence-electron chi connectivity index (χ0n) is 13.5. The number of methoxy groups -OCH3 is 1. The van der Waals surface area contributed by atoms with Crippen LogP contribution in [0.25, 0.3) is 32.9 Å². The van der Waals surface area contributed by atoms with Crippen LogP contribution in [-0.2, 0) is 7.05 Å². The largest absolute Gasteiger partial charge is 0.497 e. The summed E-state index contributed by atoms with van der Waals surface area (Å²) >= 11 is 0. The van der Waals surface area contributed by atoms with Crippen LogP contribution in [0, 0.1) is 6.92 Å². The molecule has 0 aliphatic heterocycles. The van der Waals surface area contributed by atoms with Crippen molar-refractivity contribution < 1.29 is 4.74 Å². The molecule has 0 fully saturated rings. The van der Waals surface area contributed by atoms with E-state index in [0.717, 1.165) is 11.4 Å². The van der Waals surface area contributed by atoms with Gasteiger partial charge in [0.15, 0.2) is 0 Å². The normalized spacial score (nSPS) is 11.3. The lowest BCUT2D eigenvalue weighted by molar-refractivity contribution is 0.415. The van der Waals surface area contributed by atoms with Crippen LogP contribution in [0.5, 0.6) is 5.75 Å². The maximum Gasteiger partial charge on any atom is 0.118 e. The van der Waals surface area contributed by atoms with Crippen molar-refractivity contribution in [2.75, 3.05) is 7.11 Å². The highest BCUT2D eigenvalue weighted by molar-refractivity contribution is 6.09. The van der Waals surface area contributed by atoms with E-state index in [0.29, 0.717) is 0 Å². The van der Waals surface area contributed by atoms with Crippen molar-refractivity contribution in [3.63, 3.8) is 0 Å². The molecule has 0 bridgehead atoms. The summed E-state index contributed by atoms with van der Waals surface area (Å²) in [5.41, 5.74) is 5.90. The fourth-order valence-corrected chi connectivity index (χ4v) is 3.33. The van der Waals surface area contributed by atoms with E-state index in [-0.39, 0.29) is 0 Å². The van der Waals surface area contributed by atoms with Gasteiger partial charge >= 0.3 is 0 Å². The molecule has 2 aromatic carbocycles. The molecule has 2 aromatic heterocycles. The summed E-state index contributed by atoms with van der Waals surface area (Å²) in [5, 5.41) is 2.52. The van der Waals surface area contributed by atoms with E-state index in [2.05, 4.69) is 59.9 Å². The van der Waals surface area contributed by atoms with Gasteiger partial charge in [-0.25, -0.2) is 0 Å². The highest BCUT2D eigenvalue weighted by Gasteiger charge is 2.11. The van der Waals surface area contributed by atoms with Crippen molar-refractivity contribution in [3.8, 4) is 16.9 Å². The van der Waals surface area contributed by atoms with Gasteiger partial charge in [0.05, 0.1) is 18.3 Å². The summed E-state index contributed by atoms with van der Waals surface area (Å²) in [7, 11) is 3.79. The molecule has 3 nitrogen and oxygen atoms in total. The van der Waals surface area contributed by atoms with E-state index < -0.39 is 0 Å². The molecule has 0 radical (unpaired) electrons. The summed E-state index contributed by atoms with van der Waals surface area (Å²) in [4.78, 5) is 4.43. The molecular weight excluding hydrogens is 284 g/mol. The zero-order valence-corrected chi connectivity index (χ0v) is 13.5. The van der Waals surface area contributed by atoms with Gasteiger partial charge in [-0.15, -0.1) is 0 Å². The number of rotatable bonds is 2. The van der Waals surface area contributed by atoms with Gasteiger partial charge in [-0.1, -0.05) is 18.2 Å². The number of hydrogen-bond acceptors (Lipinski definition) is 2. The Morgan fingerprint density at radius 1 is 0.913 bits per heavy atom. The Balaban J connectivity index is 1.96. The first kappa shape index (κ1) is 13.8. The highest BCUT2D eigenvalue weighted by Crippen LogP contribution is 2.33. The van der Waals surface area contributed by atoms with Crippen molar-refractivity contribution in [1.82, 2.24) is 9.55 Å². The lowest BCUT2D eigenvalue weighted by atomic mass is 10.0. The molecule has 0 amide bonds. The molecule has 0 spiro atoms. The van der Waals surface area contributed by atoms with Gasteiger partial charge in [0, 0.05) is 29.5 Å². The van der Waals surface area contributed by atoms with Gasteiger partial charge in [-0.05, 0) is 48.4 Å². The fraction of sp³-hybridized carbons (Fsp3) is 0.150. The molecule has 0 atom stereocenters. The lowest BCUT2D eigenvalue weighted by Gasteiger charge is -2.05. The van der Waals surface area contributed by atoms with Crippen LogP contribution in [0.3, 0.4) is 0 Å². The molecule has 4 rings (SSSR count). The SMILES string of the molecule is COc1ccc(-c2ccc3c(c2)c2ccnc(C)c2n3C)cc1. The highest BCUT2D eigenvalue weighted by atomic mass is 16.5. The number of aryl methyl sites for hydroxylation is 2. The van der Waals surface area contributed by atoms with Crippen molar-refractivity contribution >= 4 is 21.8 Å². The summed E-state index contributed by atoms with van der Waals surface area (Å²) in [5.74, 6) is 0.877. The minimum atomic E-state index is 0.877. The van der Waals surface area contributed by atoms with Crippen molar-refractivity contribution in [1.29, 1.82) is 0 Å². The number of fused-ring (bicyclic) bond motifs is 3. The van der Waals surface area contributed by atoms with Crippen LogP contribution < -0.4 is 4.74 Å². The smallest absolute Gasteiger partial charge is 0.118 e. The first-order valence-electron chi connectivity index (χ1n) is 7.67. The number of ether oxygens (including phenoxy) is 1. The second-order valence-corrected chi connectivity index (χ2v) is 5.81. The van der Waals surface area contributed by atoms with Crippen LogP contribution in [0.2, 0.25) is 0 Å². The third-order valence-electron chi connectivity index (χ3n) is 4.51. The molecule has 0 aliphatic carbocycles. The molecule has 3 heteroatoms. The van der Waals surface area contributed by atoms with Crippen LogP contribution in [0.4, 0.5) is 0 Å². The van der Waals surface area contributed by atoms with E-state index in [1.165, 1.54) is 32.9 Å². The van der Waals surface area contributed by atoms with E-state index >= 15 is 0 Å². The Kier molecular flexibility index (Phi) is 3.08. The molecule has 23 heavy (non-hydrogen) atoms. The summed E-state index contributed by atoms with van der Waals surface area (Å²) in [6.45, 7) is 2.06. The number of nitrogens with zero attached hydrogens (tertiary/aromatic N) is 2. The van der Waals surface area contributed by atoms with Gasteiger partial charge in [-0.2, -0.15) is 0 Å². The molecule has 0 N–H and O–H groups in total. The van der Waals surface area contributed by atoms with Crippen molar-refractivity contribution in [2.24, 2.45) is 7.05 Å². The summed E-state index contributed by atoms with van der Waals surface area (Å²) < 4.78 is 7.47. The number of aromatic nitrogens is 2. The second kappa shape index (κ2) is 5.13. The number of hydrogen-bond donors (Lipinski definition) is 0. The molecule has 0 unspecified atom stereocenters. The Morgan fingerprint density at radius 2 is 1.65 bits per heavy atom. The van der Waals surface area contributed by atoms with Crippen LogP contribution in [0.1, 0.15) is 5.69 Å². The monoisotopic (exact) mass is 302 g/mol. The van der Waals surface area contributed by atoms with E-state index in [1.54, 1.807) is 7.11 Å². The maximum absolute atomic E-state index is 5.24. The molecular formula is C20H18N2O. The Morgan fingerprint density at radius 3 is 2.39 bits per heavy atom.